The van der Waals surface area contributed by atoms with E-state index in [4.69, 9.17) is 9.72 Å². The number of thioether (sulfide) groups is 1. The maximum atomic E-state index is 13.3. The summed E-state index contributed by atoms with van der Waals surface area (Å²) < 4.78 is 6.62. The Balaban J connectivity index is 1.39. The lowest BCUT2D eigenvalue weighted by Crippen LogP contribution is -2.24. The number of allylic oxidation sites excluding steroid dienone is 1. The van der Waals surface area contributed by atoms with Gasteiger partial charge in [-0.15, -0.1) is 29.3 Å². The third-order valence-electron chi connectivity index (χ3n) is 6.59. The van der Waals surface area contributed by atoms with Gasteiger partial charge in [0.1, 0.15) is 9.83 Å². The van der Waals surface area contributed by atoms with Gasteiger partial charge in [-0.3, -0.25) is 14.2 Å². The van der Waals surface area contributed by atoms with Crippen molar-refractivity contribution in [3.05, 3.63) is 49.5 Å². The van der Waals surface area contributed by atoms with Gasteiger partial charge in [0.2, 0.25) is 5.91 Å². The number of aryl methyl sites for hydroxylation is 2. The molecule has 0 fully saturated rings. The summed E-state index contributed by atoms with van der Waals surface area (Å²) in [4.78, 5) is 46.7. The van der Waals surface area contributed by atoms with Gasteiger partial charge in [-0.2, -0.15) is 0 Å². The van der Waals surface area contributed by atoms with E-state index in [1.807, 2.05) is 0 Å². The Labute approximate surface area is 215 Å². The molecule has 5 rings (SSSR count). The first-order chi connectivity index (χ1) is 16.9. The molecule has 0 bridgehead atoms. The van der Waals surface area contributed by atoms with E-state index in [-0.39, 0.29) is 17.2 Å². The van der Waals surface area contributed by atoms with Gasteiger partial charge in [-0.25, -0.2) is 9.78 Å². The fourth-order valence-corrected chi connectivity index (χ4v) is 8.43. The first-order valence-corrected chi connectivity index (χ1v) is 14.3. The molecule has 184 valence electrons. The van der Waals surface area contributed by atoms with Crippen LogP contribution in [0.25, 0.3) is 10.2 Å². The number of rotatable bonds is 7. The molecular formula is C25H27N3O4S3. The SMILES string of the molecule is C=CCn1c(SCC(=O)Nc2sc3c(c2C(=O)OC)CCC(C)C3)nc2sc3c(c2c1=O)CCC3. The maximum Gasteiger partial charge on any atom is 0.341 e. The second kappa shape index (κ2) is 9.91. The van der Waals surface area contributed by atoms with Crippen molar-refractivity contribution in [1.82, 2.24) is 9.55 Å². The summed E-state index contributed by atoms with van der Waals surface area (Å²) in [5, 5.41) is 4.70. The molecule has 1 unspecified atom stereocenters. The second-order valence-corrected chi connectivity index (χ2v) is 12.2. The molecule has 1 atom stereocenters. The first kappa shape index (κ1) is 24.3. The van der Waals surface area contributed by atoms with Crippen molar-refractivity contribution >= 4 is 61.5 Å². The minimum atomic E-state index is -0.419. The van der Waals surface area contributed by atoms with Crippen LogP contribution in [0.3, 0.4) is 0 Å². The summed E-state index contributed by atoms with van der Waals surface area (Å²) in [6.45, 7) is 6.32. The molecule has 0 saturated carbocycles. The van der Waals surface area contributed by atoms with E-state index in [0.29, 0.717) is 28.2 Å². The van der Waals surface area contributed by atoms with Gasteiger partial charge in [0.05, 0.1) is 23.8 Å². The number of thiophene rings is 2. The highest BCUT2D eigenvalue weighted by atomic mass is 32.2. The minimum absolute atomic E-state index is 0.0646. The van der Waals surface area contributed by atoms with Crippen molar-refractivity contribution < 1.29 is 14.3 Å². The number of esters is 1. The third-order valence-corrected chi connectivity index (χ3v) is 9.92. The van der Waals surface area contributed by atoms with Crippen LogP contribution in [0.5, 0.6) is 0 Å². The molecule has 35 heavy (non-hydrogen) atoms. The number of ether oxygens (including phenoxy) is 1. The van der Waals surface area contributed by atoms with E-state index in [2.05, 4.69) is 18.8 Å². The van der Waals surface area contributed by atoms with Crippen molar-refractivity contribution in [2.45, 2.75) is 57.1 Å². The molecule has 3 aromatic heterocycles. The molecule has 0 radical (unpaired) electrons. The van der Waals surface area contributed by atoms with E-state index >= 15 is 0 Å². The lowest BCUT2D eigenvalue weighted by atomic mass is 9.88. The number of anilines is 1. The monoisotopic (exact) mass is 529 g/mol. The van der Waals surface area contributed by atoms with Gasteiger partial charge < -0.3 is 10.1 Å². The standard InChI is InChI=1S/C25H27N3O4S3/c1-4-10-28-23(30)19-14-6-5-7-16(14)34-21(19)27-25(28)33-12-18(29)26-22-20(24(31)32-3)15-9-8-13(2)11-17(15)35-22/h4,13H,1,5-12H2,2-3H3,(H,26,29). The summed E-state index contributed by atoms with van der Waals surface area (Å²) in [6.07, 6.45) is 7.38. The number of carbonyl (C=O) groups excluding carboxylic acids is 2. The summed E-state index contributed by atoms with van der Waals surface area (Å²) >= 11 is 4.28. The molecule has 1 N–H and O–H groups in total. The van der Waals surface area contributed by atoms with E-state index < -0.39 is 5.97 Å². The molecule has 0 spiro atoms. The van der Waals surface area contributed by atoms with Gasteiger partial charge in [-0.05, 0) is 55.6 Å². The van der Waals surface area contributed by atoms with Gasteiger partial charge in [0, 0.05) is 16.3 Å². The Morgan fingerprint density at radius 1 is 1.26 bits per heavy atom. The number of hydrogen-bond acceptors (Lipinski definition) is 8. The molecule has 2 aliphatic carbocycles. The normalized spacial score (nSPS) is 16.7. The first-order valence-electron chi connectivity index (χ1n) is 11.7. The van der Waals surface area contributed by atoms with Crippen LogP contribution in [0.15, 0.2) is 22.6 Å². The van der Waals surface area contributed by atoms with E-state index in [1.165, 1.54) is 35.1 Å². The molecule has 1 amide bonds. The van der Waals surface area contributed by atoms with Crippen LogP contribution in [0, 0.1) is 5.92 Å². The number of carbonyl (C=O) groups is 2. The zero-order valence-electron chi connectivity index (χ0n) is 19.8. The predicted molar refractivity (Wildman–Crippen MR) is 142 cm³/mol. The van der Waals surface area contributed by atoms with Gasteiger partial charge >= 0.3 is 5.97 Å². The largest absolute Gasteiger partial charge is 0.465 e. The molecule has 0 aliphatic heterocycles. The van der Waals surface area contributed by atoms with Crippen LogP contribution in [0.2, 0.25) is 0 Å². The predicted octanol–water partition coefficient (Wildman–Crippen LogP) is 4.84. The van der Waals surface area contributed by atoms with Crippen LogP contribution in [-0.4, -0.2) is 34.3 Å². The molecular weight excluding hydrogens is 502 g/mol. The van der Waals surface area contributed by atoms with Crippen LogP contribution >= 0.6 is 34.4 Å². The van der Waals surface area contributed by atoms with Crippen LogP contribution in [0.1, 0.15) is 51.0 Å². The Kier molecular flexibility index (Phi) is 6.87. The zero-order chi connectivity index (χ0) is 24.7. The number of nitrogens with zero attached hydrogens (tertiary/aromatic N) is 2. The summed E-state index contributed by atoms with van der Waals surface area (Å²) in [5.74, 6) is -0.0515. The van der Waals surface area contributed by atoms with Gasteiger partial charge in [0.25, 0.3) is 5.56 Å². The molecule has 0 aromatic carbocycles. The van der Waals surface area contributed by atoms with Gasteiger partial charge in [-0.1, -0.05) is 24.8 Å². The van der Waals surface area contributed by atoms with Crippen molar-refractivity contribution in [3.63, 3.8) is 0 Å². The number of fused-ring (bicyclic) bond motifs is 4. The van der Waals surface area contributed by atoms with Crippen LogP contribution in [-0.2, 0) is 41.8 Å². The molecule has 10 heteroatoms. The number of aromatic nitrogens is 2. The van der Waals surface area contributed by atoms with E-state index in [0.717, 1.165) is 64.7 Å². The quantitative estimate of drug-likeness (QED) is 0.204. The maximum absolute atomic E-state index is 13.3. The van der Waals surface area contributed by atoms with Gasteiger partial charge in [0.15, 0.2) is 5.16 Å². The average molecular weight is 530 g/mol. The van der Waals surface area contributed by atoms with Crippen molar-refractivity contribution in [3.8, 4) is 0 Å². The van der Waals surface area contributed by atoms with Crippen molar-refractivity contribution in [2.75, 3.05) is 18.2 Å². The lowest BCUT2D eigenvalue weighted by Gasteiger charge is -2.18. The van der Waals surface area contributed by atoms with Crippen LogP contribution in [0.4, 0.5) is 5.00 Å². The van der Waals surface area contributed by atoms with Crippen molar-refractivity contribution in [2.24, 2.45) is 5.92 Å². The lowest BCUT2D eigenvalue weighted by molar-refractivity contribution is -0.113. The van der Waals surface area contributed by atoms with E-state index in [1.54, 1.807) is 22.0 Å². The number of methoxy groups -OCH3 is 1. The summed E-state index contributed by atoms with van der Waals surface area (Å²) in [6, 6.07) is 0. The third kappa shape index (κ3) is 4.47. The fraction of sp³-hybridized carbons (Fsp3) is 0.440. The number of amides is 1. The molecule has 7 nitrogen and oxygen atoms in total. The summed E-state index contributed by atoms with van der Waals surface area (Å²) in [5.41, 5.74) is 2.56. The number of nitrogens with one attached hydrogen (secondary N) is 1. The molecule has 0 saturated heterocycles. The smallest absolute Gasteiger partial charge is 0.341 e. The Morgan fingerprint density at radius 3 is 2.86 bits per heavy atom. The number of hydrogen-bond donors (Lipinski definition) is 1. The molecule has 2 aliphatic rings. The highest BCUT2D eigenvalue weighted by Crippen LogP contribution is 2.40. The average Bonchev–Trinajstić information content (AvgIpc) is 3.51. The Bertz CT molecular complexity index is 1400. The van der Waals surface area contributed by atoms with Crippen molar-refractivity contribution in [1.29, 1.82) is 0 Å². The Morgan fingerprint density at radius 2 is 2.09 bits per heavy atom. The van der Waals surface area contributed by atoms with E-state index in [9.17, 15) is 14.4 Å². The molecule has 3 heterocycles. The zero-order valence-corrected chi connectivity index (χ0v) is 22.2. The topological polar surface area (TPSA) is 90.3 Å². The summed E-state index contributed by atoms with van der Waals surface area (Å²) in [7, 11) is 1.36. The Hall–Kier alpha value is -2.43. The minimum Gasteiger partial charge on any atom is -0.465 e. The van der Waals surface area contributed by atoms with Crippen LogP contribution < -0.4 is 10.9 Å². The highest BCUT2D eigenvalue weighted by Gasteiger charge is 2.29. The second-order valence-electron chi connectivity index (χ2n) is 9.02. The highest BCUT2D eigenvalue weighted by molar-refractivity contribution is 7.99. The fourth-order valence-electron chi connectivity index (χ4n) is 4.91. The molecule has 3 aromatic rings.